The highest BCUT2D eigenvalue weighted by Gasteiger charge is 2.23. The van der Waals surface area contributed by atoms with Gasteiger partial charge >= 0.3 is 11.8 Å². The third-order valence-electron chi connectivity index (χ3n) is 5.36. The number of rotatable bonds is 5. The van der Waals surface area contributed by atoms with E-state index in [1.54, 1.807) is 36.4 Å². The van der Waals surface area contributed by atoms with Gasteiger partial charge in [0.2, 0.25) is 0 Å². The summed E-state index contributed by atoms with van der Waals surface area (Å²) in [7, 11) is 0. The zero-order valence-electron chi connectivity index (χ0n) is 17.8. The van der Waals surface area contributed by atoms with Crippen molar-refractivity contribution in [2.75, 3.05) is 23.9 Å². The van der Waals surface area contributed by atoms with Crippen molar-refractivity contribution in [1.29, 1.82) is 0 Å². The Bertz CT molecular complexity index is 1240. The molecule has 1 saturated heterocycles. The predicted octanol–water partition coefficient (Wildman–Crippen LogP) is 3.98. The average Bonchev–Trinajstić information content (AvgIpc) is 3.42. The van der Waals surface area contributed by atoms with E-state index in [2.05, 4.69) is 32.0 Å². The van der Waals surface area contributed by atoms with Gasteiger partial charge in [0.05, 0.1) is 11.6 Å². The Morgan fingerprint density at radius 3 is 2.70 bits per heavy atom. The Balaban J connectivity index is 1.57. The van der Waals surface area contributed by atoms with Gasteiger partial charge in [-0.3, -0.25) is 19.8 Å². The lowest BCUT2D eigenvalue weighted by Crippen LogP contribution is -2.42. The molecule has 2 aromatic carbocycles. The molecule has 3 amide bonds. The molecule has 3 N–H and O–H groups in total. The quantitative estimate of drug-likeness (QED) is 0.432. The van der Waals surface area contributed by atoms with Crippen LogP contribution in [-0.2, 0) is 14.3 Å². The molecule has 0 spiro atoms. The summed E-state index contributed by atoms with van der Waals surface area (Å²) in [4.78, 5) is 38.0. The van der Waals surface area contributed by atoms with Gasteiger partial charge in [-0.05, 0) is 61.7 Å². The number of hydrogen-bond donors (Lipinski definition) is 3. The summed E-state index contributed by atoms with van der Waals surface area (Å²) in [6, 6.07) is 12.2. The van der Waals surface area contributed by atoms with Crippen LogP contribution in [0.5, 0.6) is 0 Å². The maximum absolute atomic E-state index is 13.1. The molecule has 0 saturated carbocycles. The van der Waals surface area contributed by atoms with Crippen LogP contribution in [0.3, 0.4) is 0 Å². The molecule has 0 radical (unpaired) electrons. The fraction of sp³-hybridized carbons (Fsp3) is 0.261. The molecule has 172 valence electrons. The Labute approximate surface area is 203 Å². The zero-order chi connectivity index (χ0) is 23.5. The number of hydrogen-bond acceptors (Lipinski definition) is 4. The number of nitrogens with one attached hydrogen (secondary N) is 3. The van der Waals surface area contributed by atoms with Crippen molar-refractivity contribution in [3.05, 3.63) is 63.2 Å². The number of amides is 3. The number of nitrogens with zero attached hydrogens (tertiary/aromatic N) is 1. The summed E-state index contributed by atoms with van der Waals surface area (Å²) in [5.74, 6) is -2.16. The van der Waals surface area contributed by atoms with Gasteiger partial charge in [-0.25, -0.2) is 4.68 Å². The van der Waals surface area contributed by atoms with E-state index in [0.29, 0.717) is 28.2 Å². The van der Waals surface area contributed by atoms with Gasteiger partial charge in [0, 0.05) is 33.7 Å². The SMILES string of the molecule is Cc1ccc(NC(=O)c2cc3cc(Br)ccc3n2NC(=O)C(=O)NC[C@H]2CCCO2)cc1Cl. The third kappa shape index (κ3) is 5.38. The topological polar surface area (TPSA) is 101 Å². The lowest BCUT2D eigenvalue weighted by atomic mass is 10.2. The average molecular weight is 534 g/mol. The molecule has 1 aliphatic rings. The van der Waals surface area contributed by atoms with Gasteiger partial charge in [-0.15, -0.1) is 0 Å². The number of benzene rings is 2. The van der Waals surface area contributed by atoms with Crippen LogP contribution in [0.2, 0.25) is 5.02 Å². The van der Waals surface area contributed by atoms with Gasteiger partial charge in [0.15, 0.2) is 0 Å². The van der Waals surface area contributed by atoms with Crippen LogP contribution in [0.25, 0.3) is 10.9 Å². The summed E-state index contributed by atoms with van der Waals surface area (Å²) < 4.78 is 7.58. The van der Waals surface area contributed by atoms with Crippen molar-refractivity contribution in [1.82, 2.24) is 9.99 Å². The number of aryl methyl sites for hydroxylation is 1. The van der Waals surface area contributed by atoms with Gasteiger partial charge in [-0.2, -0.15) is 0 Å². The van der Waals surface area contributed by atoms with Crippen LogP contribution in [0, 0.1) is 6.92 Å². The second-order valence-electron chi connectivity index (χ2n) is 7.77. The van der Waals surface area contributed by atoms with Gasteiger partial charge in [0.25, 0.3) is 5.91 Å². The van der Waals surface area contributed by atoms with Crippen LogP contribution < -0.4 is 16.1 Å². The Kier molecular flexibility index (Phi) is 7.02. The fourth-order valence-corrected chi connectivity index (χ4v) is 4.14. The van der Waals surface area contributed by atoms with E-state index >= 15 is 0 Å². The molecule has 1 atom stereocenters. The Morgan fingerprint density at radius 1 is 1.15 bits per heavy atom. The van der Waals surface area contributed by atoms with E-state index in [1.165, 1.54) is 4.68 Å². The predicted molar refractivity (Wildman–Crippen MR) is 130 cm³/mol. The molecular weight excluding hydrogens is 512 g/mol. The molecule has 2 heterocycles. The first-order valence-corrected chi connectivity index (χ1v) is 11.6. The molecule has 33 heavy (non-hydrogen) atoms. The minimum atomic E-state index is -0.888. The Hall–Kier alpha value is -2.88. The van der Waals surface area contributed by atoms with E-state index in [1.807, 2.05) is 13.0 Å². The first kappa shape index (κ1) is 23.3. The van der Waals surface area contributed by atoms with Crippen LogP contribution in [-0.4, -0.2) is 41.7 Å². The molecule has 0 bridgehead atoms. The van der Waals surface area contributed by atoms with E-state index < -0.39 is 17.7 Å². The second-order valence-corrected chi connectivity index (χ2v) is 9.10. The molecule has 0 aliphatic carbocycles. The van der Waals surface area contributed by atoms with E-state index in [0.717, 1.165) is 22.9 Å². The van der Waals surface area contributed by atoms with Crippen molar-refractivity contribution in [2.45, 2.75) is 25.9 Å². The molecule has 1 aliphatic heterocycles. The van der Waals surface area contributed by atoms with E-state index in [9.17, 15) is 14.4 Å². The monoisotopic (exact) mass is 532 g/mol. The minimum absolute atomic E-state index is 0.0887. The van der Waals surface area contributed by atoms with Crippen LogP contribution in [0.4, 0.5) is 5.69 Å². The number of carbonyl (C=O) groups excluding carboxylic acids is 3. The Morgan fingerprint density at radius 2 is 1.97 bits per heavy atom. The van der Waals surface area contributed by atoms with Crippen molar-refractivity contribution in [3.63, 3.8) is 0 Å². The standard InChI is InChI=1S/C23H22BrClN4O4/c1-13-4-6-16(11-18(13)25)27-21(30)20-10-14-9-15(24)5-7-19(14)29(20)28-23(32)22(31)26-12-17-3-2-8-33-17/h4-7,9-11,17H,2-3,8,12H2,1H3,(H,26,31)(H,27,30)(H,28,32)/t17-/m1/s1. The third-order valence-corrected chi connectivity index (χ3v) is 6.26. The highest BCUT2D eigenvalue weighted by Crippen LogP contribution is 2.25. The summed E-state index contributed by atoms with van der Waals surface area (Å²) >= 11 is 9.58. The van der Waals surface area contributed by atoms with E-state index in [4.69, 9.17) is 16.3 Å². The van der Waals surface area contributed by atoms with Gasteiger partial charge < -0.3 is 15.4 Å². The number of carbonyl (C=O) groups is 3. The smallest absolute Gasteiger partial charge is 0.328 e. The lowest BCUT2D eigenvalue weighted by molar-refractivity contribution is -0.136. The maximum Gasteiger partial charge on any atom is 0.328 e. The van der Waals surface area contributed by atoms with E-state index in [-0.39, 0.29) is 18.3 Å². The number of anilines is 1. The van der Waals surface area contributed by atoms with Crippen LogP contribution in [0.15, 0.2) is 46.9 Å². The fourth-order valence-electron chi connectivity index (χ4n) is 3.58. The summed E-state index contributed by atoms with van der Waals surface area (Å²) in [5, 5.41) is 6.59. The molecular formula is C23H22BrClN4O4. The number of ether oxygens (including phenoxy) is 1. The summed E-state index contributed by atoms with van der Waals surface area (Å²) in [6.07, 6.45) is 1.68. The molecule has 10 heteroatoms. The van der Waals surface area contributed by atoms with Gasteiger partial charge in [0.1, 0.15) is 5.69 Å². The largest absolute Gasteiger partial charge is 0.376 e. The first-order chi connectivity index (χ1) is 15.8. The van der Waals surface area contributed by atoms with Gasteiger partial charge in [-0.1, -0.05) is 33.6 Å². The van der Waals surface area contributed by atoms with Crippen molar-refractivity contribution >= 4 is 61.8 Å². The number of aromatic nitrogens is 1. The normalized spacial score (nSPS) is 15.4. The van der Waals surface area contributed by atoms with Crippen molar-refractivity contribution in [3.8, 4) is 0 Å². The first-order valence-electron chi connectivity index (χ1n) is 10.4. The molecule has 0 unspecified atom stereocenters. The highest BCUT2D eigenvalue weighted by molar-refractivity contribution is 9.10. The molecule has 4 rings (SSSR count). The maximum atomic E-state index is 13.1. The van der Waals surface area contributed by atoms with Crippen molar-refractivity contribution in [2.24, 2.45) is 0 Å². The lowest BCUT2D eigenvalue weighted by Gasteiger charge is -2.14. The summed E-state index contributed by atoms with van der Waals surface area (Å²) in [6.45, 7) is 2.78. The second kappa shape index (κ2) is 9.94. The molecule has 3 aromatic rings. The summed E-state index contributed by atoms with van der Waals surface area (Å²) in [5.41, 5.74) is 4.64. The number of fused-ring (bicyclic) bond motifs is 1. The number of halogens is 2. The highest BCUT2D eigenvalue weighted by atomic mass is 79.9. The van der Waals surface area contributed by atoms with Crippen LogP contribution >= 0.6 is 27.5 Å². The molecule has 1 aromatic heterocycles. The van der Waals surface area contributed by atoms with Crippen LogP contribution in [0.1, 0.15) is 28.9 Å². The molecule has 8 nitrogen and oxygen atoms in total. The minimum Gasteiger partial charge on any atom is -0.376 e. The van der Waals surface area contributed by atoms with Crippen molar-refractivity contribution < 1.29 is 19.1 Å². The molecule has 1 fully saturated rings. The zero-order valence-corrected chi connectivity index (χ0v) is 20.1.